The van der Waals surface area contributed by atoms with Crippen molar-refractivity contribution in [3.05, 3.63) is 110 Å². The van der Waals surface area contributed by atoms with Gasteiger partial charge in [-0.1, -0.05) is 59.5 Å². The van der Waals surface area contributed by atoms with Crippen LogP contribution in [0.1, 0.15) is 44.1 Å². The summed E-state index contributed by atoms with van der Waals surface area (Å²) in [5.74, 6) is 0.450. The molecule has 0 bridgehead atoms. The number of nitrogens with zero attached hydrogens (tertiary/aromatic N) is 3. The van der Waals surface area contributed by atoms with Crippen LogP contribution in [0.15, 0.2) is 67.9 Å². The van der Waals surface area contributed by atoms with Crippen LogP contribution in [0.5, 0.6) is 5.75 Å². The van der Waals surface area contributed by atoms with Gasteiger partial charge in [0.2, 0.25) is 0 Å². The molecule has 228 valence electrons. The number of esters is 1. The van der Waals surface area contributed by atoms with Crippen LogP contribution in [0.3, 0.4) is 0 Å². The third kappa shape index (κ3) is 5.92. The Morgan fingerprint density at radius 2 is 1.93 bits per heavy atom. The minimum Gasteiger partial charge on any atom is -0.496 e. The molecule has 2 aromatic heterocycles. The van der Waals surface area contributed by atoms with Crippen LogP contribution in [0, 0.1) is 10.1 Å². The van der Waals surface area contributed by atoms with Crippen molar-refractivity contribution < 1.29 is 23.6 Å². The van der Waals surface area contributed by atoms with E-state index < -0.39 is 22.5 Å². The SMILES string of the molecule is CCCC1=C(C(=O)OCC)[C@H](c2cc(Cl)ccc2OC)n2c(s/c(=C/c3ccc(-c4cc(Cl)c([N+](=O)[O-])cc4Cl)o3)c2=O)=N1. The number of nitro benzene ring substituents is 1. The number of thiazole rings is 1. The summed E-state index contributed by atoms with van der Waals surface area (Å²) in [6.45, 7) is 3.81. The predicted molar refractivity (Wildman–Crippen MR) is 168 cm³/mol. The molecule has 1 aliphatic heterocycles. The van der Waals surface area contributed by atoms with E-state index in [4.69, 9.17) is 53.7 Å². The van der Waals surface area contributed by atoms with Crippen LogP contribution in [-0.4, -0.2) is 29.2 Å². The zero-order valence-corrected chi connectivity index (χ0v) is 26.6. The summed E-state index contributed by atoms with van der Waals surface area (Å²) in [6, 6.07) is 9.82. The summed E-state index contributed by atoms with van der Waals surface area (Å²) in [5, 5.41) is 11.6. The van der Waals surface area contributed by atoms with E-state index in [2.05, 4.69) is 0 Å². The van der Waals surface area contributed by atoms with E-state index in [-0.39, 0.29) is 32.4 Å². The van der Waals surface area contributed by atoms with E-state index in [0.717, 1.165) is 17.4 Å². The zero-order valence-electron chi connectivity index (χ0n) is 23.6. The van der Waals surface area contributed by atoms with E-state index in [1.54, 1.807) is 43.3 Å². The lowest BCUT2D eigenvalue weighted by Gasteiger charge is -2.27. The normalized spacial score (nSPS) is 14.8. The highest BCUT2D eigenvalue weighted by Gasteiger charge is 2.36. The van der Waals surface area contributed by atoms with Gasteiger partial charge >= 0.3 is 5.97 Å². The number of halogens is 3. The number of methoxy groups -OCH3 is 1. The number of hydrogen-bond acceptors (Lipinski definition) is 9. The average molecular weight is 677 g/mol. The maximum atomic E-state index is 14.0. The largest absolute Gasteiger partial charge is 0.496 e. The highest BCUT2D eigenvalue weighted by molar-refractivity contribution is 7.07. The second-order valence-electron chi connectivity index (χ2n) is 9.54. The fourth-order valence-electron chi connectivity index (χ4n) is 4.90. The average Bonchev–Trinajstić information content (AvgIpc) is 3.57. The lowest BCUT2D eigenvalue weighted by atomic mass is 9.93. The van der Waals surface area contributed by atoms with E-state index in [1.165, 1.54) is 17.7 Å². The first-order chi connectivity index (χ1) is 21.1. The first-order valence-electron chi connectivity index (χ1n) is 13.4. The number of allylic oxidation sites excluding steroid dienone is 1. The molecule has 5 rings (SSSR count). The summed E-state index contributed by atoms with van der Waals surface area (Å²) in [6.07, 6.45) is 2.72. The number of ether oxygens (including phenoxy) is 2. The molecule has 44 heavy (non-hydrogen) atoms. The van der Waals surface area contributed by atoms with Crippen molar-refractivity contribution in [3.63, 3.8) is 0 Å². The van der Waals surface area contributed by atoms with Gasteiger partial charge in [0, 0.05) is 28.3 Å². The summed E-state index contributed by atoms with van der Waals surface area (Å²) in [7, 11) is 1.50. The number of aromatic nitrogens is 1. The van der Waals surface area contributed by atoms with Gasteiger partial charge in [-0.2, -0.15) is 0 Å². The number of rotatable bonds is 9. The Kier molecular flexibility index (Phi) is 9.31. The molecule has 10 nitrogen and oxygen atoms in total. The number of carbonyl (C=O) groups is 1. The van der Waals surface area contributed by atoms with Crippen molar-refractivity contribution in [2.24, 2.45) is 4.99 Å². The van der Waals surface area contributed by atoms with Gasteiger partial charge in [-0.3, -0.25) is 19.5 Å². The Hall–Kier alpha value is -3.90. The van der Waals surface area contributed by atoms with E-state index >= 15 is 0 Å². The van der Waals surface area contributed by atoms with Gasteiger partial charge in [0.15, 0.2) is 4.80 Å². The molecule has 4 aromatic rings. The van der Waals surface area contributed by atoms with E-state index in [1.807, 2.05) is 6.92 Å². The first kappa shape index (κ1) is 31.5. The summed E-state index contributed by atoms with van der Waals surface area (Å²) < 4.78 is 18.7. The van der Waals surface area contributed by atoms with Gasteiger partial charge in [-0.25, -0.2) is 9.79 Å². The Labute approximate surface area is 269 Å². The smallest absolute Gasteiger partial charge is 0.338 e. The summed E-state index contributed by atoms with van der Waals surface area (Å²) >= 11 is 19.9. The number of nitro groups is 1. The maximum absolute atomic E-state index is 14.0. The molecule has 3 heterocycles. The van der Waals surface area contributed by atoms with Crippen molar-refractivity contribution in [3.8, 4) is 17.1 Å². The molecule has 0 fully saturated rings. The van der Waals surface area contributed by atoms with Gasteiger partial charge in [0.05, 0.1) is 39.5 Å². The summed E-state index contributed by atoms with van der Waals surface area (Å²) in [4.78, 5) is 43.2. The zero-order chi connectivity index (χ0) is 31.7. The fraction of sp³-hybridized carbons (Fsp3) is 0.233. The Morgan fingerprint density at radius 1 is 1.16 bits per heavy atom. The molecular formula is C30H24Cl3N3O7S. The molecule has 0 aliphatic carbocycles. The Morgan fingerprint density at radius 3 is 2.61 bits per heavy atom. The van der Waals surface area contributed by atoms with Crippen LogP contribution < -0.4 is 19.6 Å². The second-order valence-corrected chi connectivity index (χ2v) is 11.8. The number of furan rings is 1. The van der Waals surface area contributed by atoms with E-state index in [0.29, 0.717) is 56.8 Å². The monoisotopic (exact) mass is 675 g/mol. The fourth-order valence-corrected chi connectivity index (χ4v) is 6.57. The molecule has 0 amide bonds. The molecule has 1 aliphatic rings. The van der Waals surface area contributed by atoms with Crippen LogP contribution in [0.2, 0.25) is 15.1 Å². The Balaban J connectivity index is 1.69. The standard InChI is InChI=1S/C30H24Cl3N3O7S/c1-4-6-21-26(29(38)42-5-2)27(18-11-15(31)7-9-23(18)41-3)35-28(37)25(44-30(35)34-21)12-16-8-10-24(43-16)17-13-20(33)22(36(39)40)14-19(17)32/h7-14,27H,4-6H2,1-3H3/b25-12+/t27-/m0/s1. The lowest BCUT2D eigenvalue weighted by molar-refractivity contribution is -0.384. The molecule has 2 aromatic carbocycles. The highest BCUT2D eigenvalue weighted by atomic mass is 35.5. The number of fused-ring (bicyclic) bond motifs is 1. The summed E-state index contributed by atoms with van der Waals surface area (Å²) in [5.41, 5.74) is 0.842. The van der Waals surface area contributed by atoms with Crippen LogP contribution in [0.25, 0.3) is 17.4 Å². The third-order valence-electron chi connectivity index (χ3n) is 6.78. The molecule has 14 heteroatoms. The third-order valence-corrected chi connectivity index (χ3v) is 8.61. The van der Waals surface area contributed by atoms with Gasteiger partial charge in [0.25, 0.3) is 11.2 Å². The van der Waals surface area contributed by atoms with Gasteiger partial charge in [-0.15, -0.1) is 0 Å². The topological polar surface area (TPSA) is 126 Å². The van der Waals surface area contributed by atoms with Crippen molar-refractivity contribution in [2.45, 2.75) is 32.7 Å². The maximum Gasteiger partial charge on any atom is 0.338 e. The molecule has 0 radical (unpaired) electrons. The quantitative estimate of drug-likeness (QED) is 0.110. The van der Waals surface area contributed by atoms with Crippen molar-refractivity contribution in [1.29, 1.82) is 0 Å². The van der Waals surface area contributed by atoms with Crippen LogP contribution >= 0.6 is 46.1 Å². The lowest BCUT2D eigenvalue weighted by Crippen LogP contribution is -2.40. The number of hydrogen-bond donors (Lipinski definition) is 0. The number of carbonyl (C=O) groups excluding carboxylic acids is 1. The van der Waals surface area contributed by atoms with E-state index in [9.17, 15) is 19.7 Å². The Bertz CT molecular complexity index is 2010. The van der Waals surface area contributed by atoms with Crippen molar-refractivity contribution in [2.75, 3.05) is 13.7 Å². The molecule has 0 saturated heterocycles. The number of benzene rings is 2. The minimum absolute atomic E-state index is 0.0757. The molecule has 1 atom stereocenters. The second kappa shape index (κ2) is 13.0. The van der Waals surface area contributed by atoms with Crippen LogP contribution in [0.4, 0.5) is 5.69 Å². The molecule has 0 saturated carbocycles. The van der Waals surface area contributed by atoms with Crippen molar-refractivity contribution in [1.82, 2.24) is 4.57 Å². The van der Waals surface area contributed by atoms with Gasteiger partial charge in [0.1, 0.15) is 28.3 Å². The molecule has 0 N–H and O–H groups in total. The minimum atomic E-state index is -0.920. The molecule has 0 spiro atoms. The first-order valence-corrected chi connectivity index (χ1v) is 15.3. The predicted octanol–water partition coefficient (Wildman–Crippen LogP) is 6.72. The van der Waals surface area contributed by atoms with Gasteiger partial charge < -0.3 is 13.9 Å². The molecule has 0 unspecified atom stereocenters. The van der Waals surface area contributed by atoms with Crippen molar-refractivity contribution >= 4 is 63.9 Å². The van der Waals surface area contributed by atoms with Crippen LogP contribution in [-0.2, 0) is 9.53 Å². The highest BCUT2D eigenvalue weighted by Crippen LogP contribution is 2.39. The molecular weight excluding hydrogens is 653 g/mol. The van der Waals surface area contributed by atoms with Gasteiger partial charge in [-0.05, 0) is 49.7 Å².